The summed E-state index contributed by atoms with van der Waals surface area (Å²) in [7, 11) is 0. The molecule has 1 spiro atoms. The third-order valence-corrected chi connectivity index (χ3v) is 5.27. The van der Waals surface area contributed by atoms with Gasteiger partial charge in [-0.3, -0.25) is 0 Å². The van der Waals surface area contributed by atoms with Crippen molar-refractivity contribution in [3.8, 4) is 0 Å². The van der Waals surface area contributed by atoms with Crippen molar-refractivity contribution in [2.45, 2.75) is 88.3 Å². The molecule has 0 bridgehead atoms. The number of piperidine rings is 1. The zero-order valence-electron chi connectivity index (χ0n) is 11.1. The van der Waals surface area contributed by atoms with E-state index in [2.05, 4.69) is 10.6 Å². The topological polar surface area (TPSA) is 24.1 Å². The summed E-state index contributed by atoms with van der Waals surface area (Å²) in [5.41, 5.74) is 0.521. The van der Waals surface area contributed by atoms with Gasteiger partial charge in [0.15, 0.2) is 0 Å². The molecule has 0 amide bonds. The summed E-state index contributed by atoms with van der Waals surface area (Å²) in [6.45, 7) is 1.24. The number of hydrogen-bond donors (Lipinski definition) is 2. The van der Waals surface area contributed by atoms with Crippen molar-refractivity contribution in [2.75, 3.05) is 6.54 Å². The molecule has 0 aromatic heterocycles. The van der Waals surface area contributed by atoms with Crippen molar-refractivity contribution in [1.29, 1.82) is 0 Å². The average Bonchev–Trinajstić information content (AvgIpc) is 2.83. The smallest absolute Gasteiger partial charge is 0.0196 e. The van der Waals surface area contributed by atoms with E-state index in [0.29, 0.717) is 5.54 Å². The molecule has 3 aliphatic rings. The van der Waals surface area contributed by atoms with E-state index < -0.39 is 0 Å². The van der Waals surface area contributed by atoms with Gasteiger partial charge in [0.05, 0.1) is 0 Å². The molecule has 2 aliphatic carbocycles. The van der Waals surface area contributed by atoms with E-state index in [1.807, 2.05) is 0 Å². The number of hydrogen-bond acceptors (Lipinski definition) is 2. The minimum absolute atomic E-state index is 0.521. The second kappa shape index (κ2) is 5.27. The van der Waals surface area contributed by atoms with E-state index in [1.54, 1.807) is 0 Å². The van der Waals surface area contributed by atoms with E-state index >= 15 is 0 Å². The fraction of sp³-hybridized carbons (Fsp3) is 1.00. The summed E-state index contributed by atoms with van der Waals surface area (Å²) in [6, 6.07) is 1.65. The van der Waals surface area contributed by atoms with Gasteiger partial charge in [-0.25, -0.2) is 0 Å². The highest BCUT2D eigenvalue weighted by Gasteiger charge is 2.37. The monoisotopic (exact) mass is 236 g/mol. The summed E-state index contributed by atoms with van der Waals surface area (Å²) in [4.78, 5) is 0. The molecule has 2 heteroatoms. The minimum atomic E-state index is 0.521. The zero-order valence-corrected chi connectivity index (χ0v) is 11.1. The maximum absolute atomic E-state index is 3.95. The first-order valence-corrected chi connectivity index (χ1v) is 7.87. The second-order valence-electron chi connectivity index (χ2n) is 6.61. The van der Waals surface area contributed by atoms with Crippen molar-refractivity contribution in [1.82, 2.24) is 10.6 Å². The van der Waals surface area contributed by atoms with Crippen molar-refractivity contribution >= 4 is 0 Å². The van der Waals surface area contributed by atoms with Gasteiger partial charge in [-0.1, -0.05) is 32.1 Å². The summed E-state index contributed by atoms with van der Waals surface area (Å²) in [6.07, 6.45) is 15.7. The van der Waals surface area contributed by atoms with E-state index in [9.17, 15) is 0 Å². The molecule has 2 nitrogen and oxygen atoms in total. The van der Waals surface area contributed by atoms with Crippen LogP contribution < -0.4 is 10.6 Å². The molecule has 2 saturated carbocycles. The van der Waals surface area contributed by atoms with Gasteiger partial charge >= 0.3 is 0 Å². The van der Waals surface area contributed by atoms with Crippen LogP contribution in [0, 0.1) is 0 Å². The van der Waals surface area contributed by atoms with Crippen LogP contribution in [0.1, 0.15) is 70.6 Å². The van der Waals surface area contributed by atoms with Crippen molar-refractivity contribution < 1.29 is 0 Å². The van der Waals surface area contributed by atoms with Crippen LogP contribution in [0.5, 0.6) is 0 Å². The van der Waals surface area contributed by atoms with Crippen molar-refractivity contribution in [2.24, 2.45) is 0 Å². The lowest BCUT2D eigenvalue weighted by Gasteiger charge is -2.45. The third kappa shape index (κ3) is 2.85. The molecule has 1 aliphatic heterocycles. The van der Waals surface area contributed by atoms with Crippen LogP contribution >= 0.6 is 0 Å². The summed E-state index contributed by atoms with van der Waals surface area (Å²) in [5.74, 6) is 0. The Balaban J connectivity index is 1.55. The molecule has 0 aromatic carbocycles. The van der Waals surface area contributed by atoms with Gasteiger partial charge in [0.25, 0.3) is 0 Å². The van der Waals surface area contributed by atoms with Gasteiger partial charge in [0.2, 0.25) is 0 Å². The predicted molar refractivity (Wildman–Crippen MR) is 72.2 cm³/mol. The Kier molecular flexibility index (Phi) is 3.72. The van der Waals surface area contributed by atoms with Crippen LogP contribution in [0.15, 0.2) is 0 Å². The van der Waals surface area contributed by atoms with Gasteiger partial charge in [0, 0.05) is 17.6 Å². The molecule has 17 heavy (non-hydrogen) atoms. The molecule has 3 fully saturated rings. The average molecular weight is 236 g/mol. The van der Waals surface area contributed by atoms with Crippen LogP contribution in [0.25, 0.3) is 0 Å². The van der Waals surface area contributed by atoms with E-state index in [-0.39, 0.29) is 0 Å². The van der Waals surface area contributed by atoms with E-state index in [0.717, 1.165) is 12.1 Å². The quantitative estimate of drug-likeness (QED) is 0.770. The van der Waals surface area contributed by atoms with Crippen LogP contribution in [0.3, 0.4) is 0 Å². The van der Waals surface area contributed by atoms with Crippen molar-refractivity contribution in [3.05, 3.63) is 0 Å². The molecule has 0 aromatic rings. The highest BCUT2D eigenvalue weighted by molar-refractivity contribution is 4.98. The summed E-state index contributed by atoms with van der Waals surface area (Å²) in [5, 5.41) is 7.80. The Morgan fingerprint density at radius 3 is 2.35 bits per heavy atom. The standard InChI is InChI=1S/C15H28N2/c1-4-9-15(10-5-1)12-14(8-11-16-15)17-13-6-2-3-7-13/h13-14,16-17H,1-12H2. The number of rotatable bonds is 2. The molecule has 2 N–H and O–H groups in total. The van der Waals surface area contributed by atoms with Gasteiger partial charge in [0.1, 0.15) is 0 Å². The maximum Gasteiger partial charge on any atom is 0.0196 e. The van der Waals surface area contributed by atoms with E-state index in [4.69, 9.17) is 0 Å². The van der Waals surface area contributed by atoms with Crippen molar-refractivity contribution in [3.63, 3.8) is 0 Å². The Morgan fingerprint density at radius 1 is 0.824 bits per heavy atom. The molecule has 0 radical (unpaired) electrons. The summed E-state index contributed by atoms with van der Waals surface area (Å²) < 4.78 is 0. The van der Waals surface area contributed by atoms with Gasteiger partial charge in [-0.15, -0.1) is 0 Å². The largest absolute Gasteiger partial charge is 0.311 e. The SMILES string of the molecule is C1CCC2(CC1)CC(NC1CCCC1)CCN2. The lowest BCUT2D eigenvalue weighted by atomic mass is 9.75. The molecular formula is C15H28N2. The van der Waals surface area contributed by atoms with Crippen LogP contribution in [0.4, 0.5) is 0 Å². The number of nitrogens with one attached hydrogen (secondary N) is 2. The normalized spacial score (nSPS) is 34.2. The molecular weight excluding hydrogens is 208 g/mol. The summed E-state index contributed by atoms with van der Waals surface area (Å²) >= 11 is 0. The second-order valence-corrected chi connectivity index (χ2v) is 6.61. The molecule has 3 rings (SSSR count). The molecule has 98 valence electrons. The minimum Gasteiger partial charge on any atom is -0.311 e. The molecule has 1 unspecified atom stereocenters. The predicted octanol–water partition coefficient (Wildman–Crippen LogP) is 2.97. The first-order chi connectivity index (χ1) is 8.36. The maximum atomic E-state index is 3.95. The van der Waals surface area contributed by atoms with Crippen LogP contribution in [-0.4, -0.2) is 24.2 Å². The Hall–Kier alpha value is -0.0800. The lowest BCUT2D eigenvalue weighted by Crippen LogP contribution is -2.57. The Bertz CT molecular complexity index is 234. The molecule has 1 atom stereocenters. The Labute approximate surface area is 106 Å². The first kappa shape index (κ1) is 12.0. The van der Waals surface area contributed by atoms with E-state index in [1.165, 1.54) is 77.2 Å². The highest BCUT2D eigenvalue weighted by Crippen LogP contribution is 2.35. The molecule has 1 heterocycles. The van der Waals surface area contributed by atoms with Crippen LogP contribution in [-0.2, 0) is 0 Å². The lowest BCUT2D eigenvalue weighted by molar-refractivity contribution is 0.151. The fourth-order valence-electron chi connectivity index (χ4n) is 4.33. The Morgan fingerprint density at radius 2 is 1.59 bits per heavy atom. The van der Waals surface area contributed by atoms with Crippen LogP contribution in [0.2, 0.25) is 0 Å². The van der Waals surface area contributed by atoms with Gasteiger partial charge < -0.3 is 10.6 Å². The zero-order chi connectivity index (χ0) is 11.6. The first-order valence-electron chi connectivity index (χ1n) is 7.87. The third-order valence-electron chi connectivity index (χ3n) is 5.27. The van der Waals surface area contributed by atoms with Gasteiger partial charge in [-0.2, -0.15) is 0 Å². The van der Waals surface area contributed by atoms with Gasteiger partial charge in [-0.05, 0) is 45.1 Å². The highest BCUT2D eigenvalue weighted by atomic mass is 15.0. The molecule has 1 saturated heterocycles. The fourth-order valence-corrected chi connectivity index (χ4v) is 4.33.